The molecule has 13 heavy (non-hydrogen) atoms. The van der Waals surface area contributed by atoms with Crippen LogP contribution in [0, 0.1) is 5.82 Å². The van der Waals surface area contributed by atoms with E-state index in [2.05, 4.69) is 0 Å². The Kier molecular flexibility index (Phi) is 2.06. The number of hydrogen-bond acceptors (Lipinski definition) is 2. The van der Waals surface area contributed by atoms with E-state index in [9.17, 15) is 9.50 Å². The van der Waals surface area contributed by atoms with Gasteiger partial charge in [0.15, 0.2) is 0 Å². The number of ether oxygens (including phenoxy) is 1. The molecule has 0 radical (unpaired) electrons. The topological polar surface area (TPSA) is 32.8 Å². The van der Waals surface area contributed by atoms with Crippen molar-refractivity contribution in [2.24, 2.45) is 0 Å². The molecule has 1 heterocycles. The molecule has 0 amide bonds. The Bertz CT molecular complexity index is 294. The van der Waals surface area contributed by atoms with Crippen molar-refractivity contribution in [3.63, 3.8) is 0 Å². The molecule has 2 rings (SSSR count). The highest BCUT2D eigenvalue weighted by atomic mass is 19.1. The fourth-order valence-corrected chi connectivity index (χ4v) is 1.41. The van der Waals surface area contributed by atoms with Gasteiger partial charge >= 0.3 is 0 Å². The number of rotatable bonds is 2. The summed E-state index contributed by atoms with van der Waals surface area (Å²) >= 11 is 0. The standard InChI is InChI=1S/C10H11FO2/c1-6(12)9-10(13-9)7-2-4-8(11)5-3-7/h2-6,9-10,12H,1H3/t6-,9-,10-/m0/s1. The summed E-state index contributed by atoms with van der Waals surface area (Å²) in [4.78, 5) is 0. The summed E-state index contributed by atoms with van der Waals surface area (Å²) in [6, 6.07) is 6.16. The number of aliphatic hydroxyl groups excluding tert-OH is 1. The van der Waals surface area contributed by atoms with E-state index in [4.69, 9.17) is 4.74 Å². The monoisotopic (exact) mass is 182 g/mol. The molecular formula is C10H11FO2. The minimum Gasteiger partial charge on any atom is -0.391 e. The largest absolute Gasteiger partial charge is 0.391 e. The van der Waals surface area contributed by atoms with Crippen molar-refractivity contribution in [1.82, 2.24) is 0 Å². The van der Waals surface area contributed by atoms with Crippen molar-refractivity contribution in [2.75, 3.05) is 0 Å². The van der Waals surface area contributed by atoms with Gasteiger partial charge < -0.3 is 9.84 Å². The molecule has 1 aromatic rings. The number of aliphatic hydroxyl groups is 1. The van der Waals surface area contributed by atoms with Crippen molar-refractivity contribution in [2.45, 2.75) is 25.2 Å². The Labute approximate surface area is 76.0 Å². The third-order valence-corrected chi connectivity index (χ3v) is 2.20. The van der Waals surface area contributed by atoms with E-state index in [1.807, 2.05) is 0 Å². The van der Waals surface area contributed by atoms with Crippen LogP contribution in [0.15, 0.2) is 24.3 Å². The molecule has 3 heteroatoms. The number of benzene rings is 1. The van der Waals surface area contributed by atoms with E-state index in [1.165, 1.54) is 12.1 Å². The zero-order valence-electron chi connectivity index (χ0n) is 7.27. The zero-order chi connectivity index (χ0) is 9.42. The van der Waals surface area contributed by atoms with Gasteiger partial charge in [0, 0.05) is 0 Å². The Morgan fingerprint density at radius 2 is 2.00 bits per heavy atom. The van der Waals surface area contributed by atoms with Gasteiger partial charge in [-0.25, -0.2) is 4.39 Å². The van der Waals surface area contributed by atoms with Crippen molar-refractivity contribution >= 4 is 0 Å². The summed E-state index contributed by atoms with van der Waals surface area (Å²) in [5, 5.41) is 9.18. The van der Waals surface area contributed by atoms with Gasteiger partial charge in [-0.1, -0.05) is 12.1 Å². The first kappa shape index (κ1) is 8.66. The highest BCUT2D eigenvalue weighted by molar-refractivity contribution is 5.23. The average Bonchev–Trinajstić information content (AvgIpc) is 2.85. The number of epoxide rings is 1. The second kappa shape index (κ2) is 3.09. The lowest BCUT2D eigenvalue weighted by molar-refractivity contribution is 0.152. The van der Waals surface area contributed by atoms with Crippen LogP contribution in [0.5, 0.6) is 0 Å². The maximum absolute atomic E-state index is 12.5. The smallest absolute Gasteiger partial charge is 0.123 e. The molecule has 70 valence electrons. The maximum atomic E-state index is 12.5. The molecule has 2 nitrogen and oxygen atoms in total. The van der Waals surface area contributed by atoms with Crippen molar-refractivity contribution in [1.29, 1.82) is 0 Å². The zero-order valence-corrected chi connectivity index (χ0v) is 7.27. The van der Waals surface area contributed by atoms with Crippen molar-refractivity contribution in [3.05, 3.63) is 35.6 Å². The molecule has 1 N–H and O–H groups in total. The first-order valence-electron chi connectivity index (χ1n) is 4.27. The fourth-order valence-electron chi connectivity index (χ4n) is 1.41. The van der Waals surface area contributed by atoms with Crippen LogP contribution in [0.25, 0.3) is 0 Å². The van der Waals surface area contributed by atoms with E-state index < -0.39 is 6.10 Å². The van der Waals surface area contributed by atoms with E-state index in [-0.39, 0.29) is 18.0 Å². The second-order valence-electron chi connectivity index (χ2n) is 3.31. The molecule has 1 aliphatic rings. The molecule has 0 aliphatic carbocycles. The molecule has 1 fully saturated rings. The quantitative estimate of drug-likeness (QED) is 0.705. The molecule has 0 bridgehead atoms. The molecule has 3 atom stereocenters. The summed E-state index contributed by atoms with van der Waals surface area (Å²) in [6.45, 7) is 1.69. The van der Waals surface area contributed by atoms with Gasteiger partial charge in [0.2, 0.25) is 0 Å². The van der Waals surface area contributed by atoms with Gasteiger partial charge in [-0.3, -0.25) is 0 Å². The molecule has 0 saturated carbocycles. The summed E-state index contributed by atoms with van der Waals surface area (Å²) < 4.78 is 17.8. The van der Waals surface area contributed by atoms with E-state index >= 15 is 0 Å². The molecule has 0 unspecified atom stereocenters. The minimum absolute atomic E-state index is 0.0550. The predicted molar refractivity (Wildman–Crippen MR) is 45.7 cm³/mol. The van der Waals surface area contributed by atoms with Gasteiger partial charge in [-0.05, 0) is 24.6 Å². The second-order valence-corrected chi connectivity index (χ2v) is 3.31. The first-order chi connectivity index (χ1) is 6.18. The van der Waals surface area contributed by atoms with Crippen LogP contribution < -0.4 is 0 Å². The third-order valence-electron chi connectivity index (χ3n) is 2.20. The average molecular weight is 182 g/mol. The summed E-state index contributed by atoms with van der Waals surface area (Å²) in [5.41, 5.74) is 0.923. The number of hydrogen-bond donors (Lipinski definition) is 1. The summed E-state index contributed by atoms with van der Waals surface area (Å²) in [7, 11) is 0. The van der Waals surface area contributed by atoms with Crippen LogP contribution in [-0.2, 0) is 4.74 Å². The lowest BCUT2D eigenvalue weighted by Crippen LogP contribution is -2.09. The fraction of sp³-hybridized carbons (Fsp3) is 0.400. The molecule has 1 saturated heterocycles. The highest BCUT2D eigenvalue weighted by Gasteiger charge is 2.43. The Morgan fingerprint density at radius 1 is 1.38 bits per heavy atom. The van der Waals surface area contributed by atoms with Crippen LogP contribution in [0.2, 0.25) is 0 Å². The van der Waals surface area contributed by atoms with Crippen molar-refractivity contribution < 1.29 is 14.2 Å². The molecule has 0 spiro atoms. The lowest BCUT2D eigenvalue weighted by Gasteiger charge is -1.97. The van der Waals surface area contributed by atoms with Crippen LogP contribution in [0.3, 0.4) is 0 Å². The Morgan fingerprint density at radius 3 is 2.46 bits per heavy atom. The molecule has 1 aromatic carbocycles. The van der Waals surface area contributed by atoms with E-state index in [0.29, 0.717) is 0 Å². The molecular weight excluding hydrogens is 171 g/mol. The summed E-state index contributed by atoms with van der Waals surface area (Å²) in [5.74, 6) is -0.252. The van der Waals surface area contributed by atoms with Crippen LogP contribution in [-0.4, -0.2) is 17.3 Å². The Balaban J connectivity index is 2.08. The normalized spacial score (nSPS) is 28.5. The van der Waals surface area contributed by atoms with Crippen LogP contribution in [0.1, 0.15) is 18.6 Å². The van der Waals surface area contributed by atoms with Gasteiger partial charge in [0.25, 0.3) is 0 Å². The highest BCUT2D eigenvalue weighted by Crippen LogP contribution is 2.40. The maximum Gasteiger partial charge on any atom is 0.123 e. The van der Waals surface area contributed by atoms with Gasteiger partial charge in [-0.2, -0.15) is 0 Å². The van der Waals surface area contributed by atoms with E-state index in [0.717, 1.165) is 5.56 Å². The summed E-state index contributed by atoms with van der Waals surface area (Å²) in [6.07, 6.45) is -0.638. The Hall–Kier alpha value is -0.930. The number of halogens is 1. The van der Waals surface area contributed by atoms with Crippen molar-refractivity contribution in [3.8, 4) is 0 Å². The van der Waals surface area contributed by atoms with E-state index in [1.54, 1.807) is 19.1 Å². The van der Waals surface area contributed by atoms with Gasteiger partial charge in [0.05, 0.1) is 6.10 Å². The lowest BCUT2D eigenvalue weighted by atomic mass is 10.1. The van der Waals surface area contributed by atoms with Gasteiger partial charge in [0.1, 0.15) is 18.0 Å². The molecule has 1 aliphatic heterocycles. The third kappa shape index (κ3) is 1.71. The first-order valence-corrected chi connectivity index (χ1v) is 4.27. The predicted octanol–water partition coefficient (Wildman–Crippen LogP) is 1.65. The minimum atomic E-state index is -0.463. The van der Waals surface area contributed by atoms with Gasteiger partial charge in [-0.15, -0.1) is 0 Å². The molecule has 0 aromatic heterocycles. The van der Waals surface area contributed by atoms with Crippen LogP contribution in [0.4, 0.5) is 4.39 Å². The van der Waals surface area contributed by atoms with Crippen LogP contribution >= 0.6 is 0 Å². The SMILES string of the molecule is C[C@H](O)[C@@H]1O[C@H]1c1ccc(F)cc1.